The van der Waals surface area contributed by atoms with Crippen molar-refractivity contribution >= 4 is 23.7 Å². The Morgan fingerprint density at radius 3 is 2.38 bits per heavy atom. The Balaban J connectivity index is 2.65. The van der Waals surface area contributed by atoms with Crippen LogP contribution in [0.3, 0.4) is 0 Å². The number of halogens is 2. The predicted molar refractivity (Wildman–Crippen MR) is 66.8 cm³/mol. The number of rotatable bonds is 6. The van der Waals surface area contributed by atoms with E-state index in [1.54, 1.807) is 0 Å². The molecule has 4 N–H and O–H groups in total. The summed E-state index contributed by atoms with van der Waals surface area (Å²) in [6.45, 7) is 0. The number of nitrogens with one attached hydrogen (secondary N) is 2. The minimum absolute atomic E-state index is 0.329. The van der Waals surface area contributed by atoms with E-state index in [9.17, 15) is 23.2 Å². The van der Waals surface area contributed by atoms with Gasteiger partial charge in [0.25, 0.3) is 0 Å². The van der Waals surface area contributed by atoms with Gasteiger partial charge in [-0.05, 0) is 18.6 Å². The molecule has 21 heavy (non-hydrogen) atoms. The van der Waals surface area contributed by atoms with Gasteiger partial charge in [0.05, 0.1) is 5.69 Å². The third-order valence-electron chi connectivity index (χ3n) is 2.43. The van der Waals surface area contributed by atoms with E-state index in [1.165, 1.54) is 0 Å². The van der Waals surface area contributed by atoms with E-state index >= 15 is 0 Å². The Bertz CT molecular complexity index is 565. The van der Waals surface area contributed by atoms with E-state index in [0.717, 1.165) is 12.1 Å². The van der Waals surface area contributed by atoms with Gasteiger partial charge in [-0.3, -0.25) is 4.79 Å². The van der Waals surface area contributed by atoms with E-state index in [0.29, 0.717) is 6.07 Å². The van der Waals surface area contributed by atoms with Crippen LogP contribution in [-0.4, -0.2) is 34.2 Å². The monoisotopic (exact) mass is 302 g/mol. The van der Waals surface area contributed by atoms with Crippen molar-refractivity contribution in [1.29, 1.82) is 0 Å². The van der Waals surface area contributed by atoms with Crippen molar-refractivity contribution in [1.82, 2.24) is 5.32 Å². The van der Waals surface area contributed by atoms with Crippen LogP contribution in [0.25, 0.3) is 0 Å². The zero-order valence-corrected chi connectivity index (χ0v) is 10.6. The number of carbonyl (C=O) groups is 3. The van der Waals surface area contributed by atoms with Crippen LogP contribution >= 0.6 is 0 Å². The minimum Gasteiger partial charge on any atom is -0.481 e. The van der Waals surface area contributed by atoms with Gasteiger partial charge in [0.1, 0.15) is 17.7 Å². The molecule has 1 rings (SSSR count). The Labute approximate surface area is 117 Å². The third-order valence-corrected chi connectivity index (χ3v) is 2.43. The van der Waals surface area contributed by atoms with E-state index in [4.69, 9.17) is 10.2 Å². The zero-order valence-electron chi connectivity index (χ0n) is 10.6. The standard InChI is InChI=1S/C12H12F2N2O5/c13-6-1-2-8(7(14)5-6)15-12(21)16-9(11(19)20)3-4-10(17)18/h1-2,5,9H,3-4H2,(H,17,18)(H,19,20)(H2,15,16,21). The topological polar surface area (TPSA) is 116 Å². The fourth-order valence-corrected chi connectivity index (χ4v) is 1.43. The number of amides is 2. The maximum Gasteiger partial charge on any atom is 0.326 e. The maximum absolute atomic E-state index is 13.3. The van der Waals surface area contributed by atoms with Gasteiger partial charge < -0.3 is 20.8 Å². The lowest BCUT2D eigenvalue weighted by Gasteiger charge is -2.14. The maximum atomic E-state index is 13.3. The summed E-state index contributed by atoms with van der Waals surface area (Å²) >= 11 is 0. The second-order valence-electron chi connectivity index (χ2n) is 4.05. The fourth-order valence-electron chi connectivity index (χ4n) is 1.43. The number of hydrogen-bond donors (Lipinski definition) is 4. The van der Waals surface area contributed by atoms with Crippen LogP contribution in [0.2, 0.25) is 0 Å². The molecule has 0 aliphatic carbocycles. The van der Waals surface area contributed by atoms with Crippen molar-refractivity contribution in [3.05, 3.63) is 29.8 Å². The lowest BCUT2D eigenvalue weighted by molar-refractivity contribution is -0.140. The number of carboxylic acids is 2. The summed E-state index contributed by atoms with van der Waals surface area (Å²) < 4.78 is 26.0. The summed E-state index contributed by atoms with van der Waals surface area (Å²) in [6, 6.07) is -0.0491. The van der Waals surface area contributed by atoms with Crippen LogP contribution in [0, 0.1) is 11.6 Å². The molecule has 0 aliphatic rings. The lowest BCUT2D eigenvalue weighted by atomic mass is 10.1. The van der Waals surface area contributed by atoms with Crippen molar-refractivity contribution in [3.8, 4) is 0 Å². The second-order valence-corrected chi connectivity index (χ2v) is 4.05. The van der Waals surface area contributed by atoms with Crippen molar-refractivity contribution in [2.24, 2.45) is 0 Å². The number of anilines is 1. The van der Waals surface area contributed by atoms with Crippen LogP contribution in [0.15, 0.2) is 18.2 Å². The number of carbonyl (C=O) groups excluding carboxylic acids is 1. The first-order valence-corrected chi connectivity index (χ1v) is 5.76. The molecule has 9 heteroatoms. The molecule has 1 aromatic carbocycles. The average Bonchev–Trinajstić information content (AvgIpc) is 2.37. The molecular weight excluding hydrogens is 290 g/mol. The highest BCUT2D eigenvalue weighted by molar-refractivity contribution is 5.92. The van der Waals surface area contributed by atoms with Crippen molar-refractivity contribution in [3.63, 3.8) is 0 Å². The van der Waals surface area contributed by atoms with E-state index < -0.39 is 42.1 Å². The summed E-state index contributed by atoms with van der Waals surface area (Å²) in [7, 11) is 0. The Kier molecular flexibility index (Phi) is 5.58. The summed E-state index contributed by atoms with van der Waals surface area (Å²) in [6.07, 6.45) is -0.786. The van der Waals surface area contributed by atoms with Crippen molar-refractivity contribution in [2.45, 2.75) is 18.9 Å². The largest absolute Gasteiger partial charge is 0.481 e. The molecule has 0 saturated heterocycles. The lowest BCUT2D eigenvalue weighted by Crippen LogP contribution is -2.43. The van der Waals surface area contributed by atoms with Gasteiger partial charge in [0.2, 0.25) is 0 Å². The molecule has 0 aromatic heterocycles. The zero-order chi connectivity index (χ0) is 16.0. The number of carboxylic acid groups (broad SMARTS) is 2. The molecule has 0 saturated carbocycles. The molecule has 1 aromatic rings. The highest BCUT2D eigenvalue weighted by Crippen LogP contribution is 2.14. The molecule has 0 radical (unpaired) electrons. The predicted octanol–water partition coefficient (Wildman–Crippen LogP) is 1.40. The summed E-state index contributed by atoms with van der Waals surface area (Å²) in [4.78, 5) is 32.7. The van der Waals surface area contributed by atoms with Crippen LogP contribution < -0.4 is 10.6 Å². The smallest absolute Gasteiger partial charge is 0.326 e. The van der Waals surface area contributed by atoms with Gasteiger partial charge in [-0.1, -0.05) is 0 Å². The van der Waals surface area contributed by atoms with Gasteiger partial charge in [0.15, 0.2) is 0 Å². The number of aliphatic carboxylic acids is 2. The highest BCUT2D eigenvalue weighted by Gasteiger charge is 2.21. The number of hydrogen-bond acceptors (Lipinski definition) is 3. The van der Waals surface area contributed by atoms with Crippen molar-refractivity contribution < 1.29 is 33.4 Å². The minimum atomic E-state index is -1.44. The first-order valence-electron chi connectivity index (χ1n) is 5.76. The summed E-state index contributed by atoms with van der Waals surface area (Å²) in [5.41, 5.74) is -0.337. The molecule has 0 spiro atoms. The Morgan fingerprint density at radius 1 is 1.19 bits per heavy atom. The van der Waals surface area contributed by atoms with Gasteiger partial charge in [-0.15, -0.1) is 0 Å². The third kappa shape index (κ3) is 5.43. The molecule has 1 atom stereocenters. The summed E-state index contributed by atoms with van der Waals surface area (Å²) in [5.74, 6) is -4.50. The van der Waals surface area contributed by atoms with Crippen LogP contribution in [-0.2, 0) is 9.59 Å². The molecule has 2 amide bonds. The SMILES string of the molecule is O=C(O)CCC(NC(=O)Nc1ccc(F)cc1F)C(=O)O. The first-order chi connectivity index (χ1) is 9.79. The van der Waals surface area contributed by atoms with Gasteiger partial charge in [0, 0.05) is 12.5 Å². The molecule has 114 valence electrons. The molecule has 7 nitrogen and oxygen atoms in total. The summed E-state index contributed by atoms with van der Waals surface area (Å²) in [5, 5.41) is 21.3. The fraction of sp³-hybridized carbons (Fsp3) is 0.250. The van der Waals surface area contributed by atoms with Gasteiger partial charge in [-0.2, -0.15) is 0 Å². The van der Waals surface area contributed by atoms with E-state index in [2.05, 4.69) is 0 Å². The second kappa shape index (κ2) is 7.17. The quantitative estimate of drug-likeness (QED) is 0.634. The normalized spacial score (nSPS) is 11.5. The number of urea groups is 1. The number of benzene rings is 1. The first kappa shape index (κ1) is 16.3. The van der Waals surface area contributed by atoms with E-state index in [-0.39, 0.29) is 12.1 Å². The van der Waals surface area contributed by atoms with Crippen LogP contribution in [0.5, 0.6) is 0 Å². The van der Waals surface area contributed by atoms with E-state index in [1.807, 2.05) is 10.6 Å². The molecule has 0 heterocycles. The van der Waals surface area contributed by atoms with Crippen molar-refractivity contribution in [2.75, 3.05) is 5.32 Å². The van der Waals surface area contributed by atoms with Gasteiger partial charge >= 0.3 is 18.0 Å². The molecule has 0 fully saturated rings. The molecule has 0 aliphatic heterocycles. The Hall–Kier alpha value is -2.71. The average molecular weight is 302 g/mol. The van der Waals surface area contributed by atoms with Crippen LogP contribution in [0.4, 0.5) is 19.3 Å². The molecule has 0 bridgehead atoms. The Morgan fingerprint density at radius 2 is 1.86 bits per heavy atom. The molecule has 1 unspecified atom stereocenters. The highest BCUT2D eigenvalue weighted by atomic mass is 19.1. The molecular formula is C12H12F2N2O5. The van der Waals surface area contributed by atoms with Crippen LogP contribution in [0.1, 0.15) is 12.8 Å². The van der Waals surface area contributed by atoms with Gasteiger partial charge in [-0.25, -0.2) is 18.4 Å².